The number of aliphatic carboxylic acids is 1. The van der Waals surface area contributed by atoms with Gasteiger partial charge in [-0.3, -0.25) is 19.3 Å². The van der Waals surface area contributed by atoms with Crippen molar-refractivity contribution in [2.75, 3.05) is 37.6 Å². The van der Waals surface area contributed by atoms with Crippen LogP contribution < -0.4 is 4.90 Å². The summed E-state index contributed by atoms with van der Waals surface area (Å²) in [7, 11) is 0. The molecule has 55 heavy (non-hydrogen) atoms. The first kappa shape index (κ1) is 40.4. The van der Waals surface area contributed by atoms with Gasteiger partial charge in [0.15, 0.2) is 5.78 Å². The Morgan fingerprint density at radius 1 is 0.927 bits per heavy atom. The van der Waals surface area contributed by atoms with E-state index < -0.39 is 28.9 Å². The summed E-state index contributed by atoms with van der Waals surface area (Å²) >= 11 is 0. The lowest BCUT2D eigenvalue weighted by Crippen LogP contribution is -2.66. The molecule has 2 unspecified atom stereocenters. The third-order valence-electron chi connectivity index (χ3n) is 17.3. The Hall–Kier alpha value is -2.78. The fraction of sp³-hybridized carbons (Fsp3) is 0.783. The zero-order valence-corrected chi connectivity index (χ0v) is 35.2. The molecule has 9 nitrogen and oxygen atoms in total. The molecule has 5 fully saturated rings. The Bertz CT molecular complexity index is 1700. The molecule has 304 valence electrons. The molecule has 0 radical (unpaired) electrons. The van der Waals surface area contributed by atoms with Crippen LogP contribution in [0.1, 0.15) is 127 Å². The van der Waals surface area contributed by atoms with Gasteiger partial charge in [-0.15, -0.1) is 0 Å². The average Bonchev–Trinajstić information content (AvgIpc) is 3.43. The Morgan fingerprint density at radius 2 is 1.64 bits per heavy atom. The largest absolute Gasteiger partial charge is 0.481 e. The van der Waals surface area contributed by atoms with Gasteiger partial charge < -0.3 is 19.8 Å². The predicted molar refractivity (Wildman–Crippen MR) is 214 cm³/mol. The first-order valence-corrected chi connectivity index (χ1v) is 21.5. The average molecular weight is 760 g/mol. The summed E-state index contributed by atoms with van der Waals surface area (Å²) in [6, 6.07) is 6.05. The lowest BCUT2D eigenvalue weighted by Gasteiger charge is -2.72. The summed E-state index contributed by atoms with van der Waals surface area (Å²) < 4.78 is 6.19. The van der Waals surface area contributed by atoms with Crippen LogP contribution in [-0.4, -0.2) is 82.8 Å². The van der Waals surface area contributed by atoms with E-state index in [1.165, 1.54) is 5.57 Å². The molecule has 0 spiro atoms. The number of rotatable bonds is 9. The van der Waals surface area contributed by atoms with E-state index in [9.17, 15) is 24.6 Å². The van der Waals surface area contributed by atoms with Gasteiger partial charge in [0.1, 0.15) is 11.9 Å². The number of carboxylic acids is 1. The van der Waals surface area contributed by atoms with Crippen molar-refractivity contribution in [1.29, 1.82) is 0 Å². The van der Waals surface area contributed by atoms with Gasteiger partial charge in [0, 0.05) is 56.2 Å². The number of hydrogen-bond donors (Lipinski definition) is 2. The minimum Gasteiger partial charge on any atom is -0.481 e. The molecule has 1 saturated heterocycles. The van der Waals surface area contributed by atoms with E-state index in [2.05, 4.69) is 69.3 Å². The van der Waals surface area contributed by atoms with Crippen LogP contribution in [0.4, 0.5) is 5.82 Å². The van der Waals surface area contributed by atoms with Crippen molar-refractivity contribution in [2.45, 2.75) is 139 Å². The monoisotopic (exact) mass is 760 g/mol. The van der Waals surface area contributed by atoms with Gasteiger partial charge in [0.25, 0.3) is 0 Å². The molecule has 2 heterocycles. The Labute approximate surface area is 330 Å². The highest BCUT2D eigenvalue weighted by molar-refractivity contribution is 6.00. The van der Waals surface area contributed by atoms with Crippen LogP contribution in [0, 0.1) is 56.2 Å². The standard InChI is InChI=1S/C46H69N3O6/c1-29(2)38-31(50)26-46(34(51)28-48-22-24-49(25-23-48)36-12-10-11-21-47-36)20-19-44(8)30(39(38)46)13-14-33-43(7)17-16-35(55-37(52)27-41(3,4)40(53)54)42(5,6)32(43)15-18-45(33,44)9/h10-12,21,29-30,32-35,51H,13-20,22-28H2,1-9H3,(H,53,54)/t30-,32+,33-,34?,35+,43+,44-,45-,46?/m1/s1. The number of aliphatic hydroxyl groups is 1. The van der Waals surface area contributed by atoms with Crippen LogP contribution >= 0.6 is 0 Å². The fourth-order valence-electron chi connectivity index (χ4n) is 14.0. The maximum absolute atomic E-state index is 14.2. The van der Waals surface area contributed by atoms with Crippen LogP contribution in [-0.2, 0) is 19.1 Å². The van der Waals surface area contributed by atoms with Crippen LogP contribution in [0.25, 0.3) is 0 Å². The smallest absolute Gasteiger partial charge is 0.309 e. The van der Waals surface area contributed by atoms with Gasteiger partial charge in [0.05, 0.1) is 17.9 Å². The van der Waals surface area contributed by atoms with E-state index in [1.807, 2.05) is 18.3 Å². The summed E-state index contributed by atoms with van der Waals surface area (Å²) in [5.74, 6) is 1.13. The van der Waals surface area contributed by atoms with Crippen molar-refractivity contribution >= 4 is 23.5 Å². The van der Waals surface area contributed by atoms with E-state index in [0.717, 1.165) is 88.9 Å². The highest BCUT2D eigenvalue weighted by Gasteiger charge is 2.71. The van der Waals surface area contributed by atoms with Gasteiger partial charge in [-0.2, -0.15) is 0 Å². The summed E-state index contributed by atoms with van der Waals surface area (Å²) in [4.78, 5) is 48.4. The third-order valence-corrected chi connectivity index (χ3v) is 17.3. The summed E-state index contributed by atoms with van der Waals surface area (Å²) in [6.07, 6.45) is 9.25. The van der Waals surface area contributed by atoms with Crippen LogP contribution in [0.15, 0.2) is 35.5 Å². The van der Waals surface area contributed by atoms with Crippen LogP contribution in [0.2, 0.25) is 0 Å². The van der Waals surface area contributed by atoms with Crippen LogP contribution in [0.5, 0.6) is 0 Å². The lowest BCUT2D eigenvalue weighted by atomic mass is 9.33. The Morgan fingerprint density at radius 3 is 2.27 bits per heavy atom. The first-order valence-electron chi connectivity index (χ1n) is 21.5. The first-order chi connectivity index (χ1) is 25.7. The highest BCUT2D eigenvalue weighted by Crippen LogP contribution is 2.77. The number of fused-ring (bicyclic) bond motifs is 7. The molecule has 1 aromatic heterocycles. The second-order valence-electron chi connectivity index (χ2n) is 21.0. The van der Waals surface area contributed by atoms with E-state index in [4.69, 9.17) is 4.74 Å². The van der Waals surface area contributed by atoms with E-state index in [-0.39, 0.29) is 51.8 Å². The summed E-state index contributed by atoms with van der Waals surface area (Å²) in [6.45, 7) is 23.8. The lowest BCUT2D eigenvalue weighted by molar-refractivity contribution is -0.235. The van der Waals surface area contributed by atoms with Crippen LogP contribution in [0.3, 0.4) is 0 Å². The minimum absolute atomic E-state index is 0.00259. The number of piperazine rings is 1. The molecular weight excluding hydrogens is 691 g/mol. The van der Waals surface area contributed by atoms with Gasteiger partial charge in [0.2, 0.25) is 0 Å². The molecule has 1 aromatic rings. The van der Waals surface area contributed by atoms with Crippen molar-refractivity contribution in [3.8, 4) is 0 Å². The second kappa shape index (κ2) is 14.0. The minimum atomic E-state index is -1.16. The van der Waals surface area contributed by atoms with E-state index >= 15 is 0 Å². The molecule has 2 N–H and O–H groups in total. The number of pyridine rings is 1. The molecule has 0 aromatic carbocycles. The van der Waals surface area contributed by atoms with Crippen molar-refractivity contribution in [3.05, 3.63) is 35.5 Å². The number of aliphatic hydroxyl groups excluding tert-OH is 1. The molecule has 7 rings (SSSR count). The number of Topliss-reactive ketones (excluding diaryl/α,β-unsaturated/α-hetero) is 1. The zero-order valence-electron chi connectivity index (χ0n) is 35.2. The topological polar surface area (TPSA) is 120 Å². The number of nitrogens with zero attached hydrogens (tertiary/aromatic N) is 3. The fourth-order valence-corrected chi connectivity index (χ4v) is 14.0. The maximum Gasteiger partial charge on any atom is 0.309 e. The molecule has 9 atom stereocenters. The number of carbonyl (C=O) groups excluding carboxylic acids is 2. The predicted octanol–water partition coefficient (Wildman–Crippen LogP) is 7.96. The number of anilines is 1. The number of carboxylic acid groups (broad SMARTS) is 1. The van der Waals surface area contributed by atoms with Crippen molar-refractivity contribution < 1.29 is 29.3 Å². The highest BCUT2D eigenvalue weighted by atomic mass is 16.5. The van der Waals surface area contributed by atoms with Crippen molar-refractivity contribution in [1.82, 2.24) is 9.88 Å². The normalized spacial score (nSPS) is 38.2. The number of allylic oxidation sites excluding steroid dienone is 1. The van der Waals surface area contributed by atoms with Crippen molar-refractivity contribution in [2.24, 2.45) is 56.2 Å². The molecule has 5 aliphatic carbocycles. The molecule has 0 amide bonds. The Kier molecular flexibility index (Phi) is 10.3. The number of ether oxygens (including phenoxy) is 1. The van der Waals surface area contributed by atoms with Gasteiger partial charge >= 0.3 is 11.9 Å². The quantitative estimate of drug-likeness (QED) is 0.242. The number of esters is 1. The molecule has 4 saturated carbocycles. The number of carbonyl (C=O) groups is 3. The number of aromatic nitrogens is 1. The molecule has 0 bridgehead atoms. The third kappa shape index (κ3) is 6.31. The molecule has 6 aliphatic rings. The zero-order chi connectivity index (χ0) is 39.9. The van der Waals surface area contributed by atoms with Crippen molar-refractivity contribution in [3.63, 3.8) is 0 Å². The number of β-amino-alcohol motifs (C(OH)–C–C–N with tert-alkyl or cyclic N) is 1. The van der Waals surface area contributed by atoms with Gasteiger partial charge in [-0.1, -0.05) is 60.1 Å². The Balaban J connectivity index is 1.12. The number of hydrogen-bond acceptors (Lipinski definition) is 8. The SMILES string of the molecule is CC(C)C1=C2[C@H]3CC[C@@H]4[C@@]5(C)CC[C@H](OC(=O)CC(C)(C)C(=O)O)C(C)(C)[C@@H]5CC[C@@]4(C)[C@]3(C)CCC2(C(O)CN2CCN(c3ccccn3)CC2)CC1=O. The number of ketones is 1. The molecule has 9 heteroatoms. The second-order valence-corrected chi connectivity index (χ2v) is 21.0. The molecule has 1 aliphatic heterocycles. The summed E-state index contributed by atoms with van der Waals surface area (Å²) in [5.41, 5.74) is 0.573. The van der Waals surface area contributed by atoms with Gasteiger partial charge in [-0.05, 0) is 123 Å². The maximum atomic E-state index is 14.2. The van der Waals surface area contributed by atoms with E-state index in [1.54, 1.807) is 13.8 Å². The van der Waals surface area contributed by atoms with E-state index in [0.29, 0.717) is 24.8 Å². The van der Waals surface area contributed by atoms with Gasteiger partial charge in [-0.25, -0.2) is 4.98 Å². The summed E-state index contributed by atoms with van der Waals surface area (Å²) in [5, 5.41) is 22.1. The molecular formula is C46H69N3O6.